The third-order valence-corrected chi connectivity index (χ3v) is 4.69. The molecule has 26 heavy (non-hydrogen) atoms. The quantitative estimate of drug-likeness (QED) is 0.550. The number of rotatable bonds is 4. The van der Waals surface area contributed by atoms with Gasteiger partial charge in [-0.3, -0.25) is 0 Å². The van der Waals surface area contributed by atoms with Crippen molar-refractivity contribution in [3.8, 4) is 11.3 Å². The summed E-state index contributed by atoms with van der Waals surface area (Å²) in [5, 5.41) is 7.32. The average Bonchev–Trinajstić information content (AvgIpc) is 3.17. The minimum atomic E-state index is 0.379. The second-order valence-corrected chi connectivity index (χ2v) is 6.53. The van der Waals surface area contributed by atoms with E-state index in [0.717, 1.165) is 35.5 Å². The summed E-state index contributed by atoms with van der Waals surface area (Å²) >= 11 is 0. The van der Waals surface area contributed by atoms with Crippen molar-refractivity contribution in [3.05, 3.63) is 71.4 Å². The Morgan fingerprint density at radius 2 is 1.92 bits per heavy atom. The van der Waals surface area contributed by atoms with Gasteiger partial charge in [-0.1, -0.05) is 47.6 Å². The number of aryl methyl sites for hydroxylation is 1. The summed E-state index contributed by atoms with van der Waals surface area (Å²) in [7, 11) is 0. The summed E-state index contributed by atoms with van der Waals surface area (Å²) in [6.07, 6.45) is 4.72. The van der Waals surface area contributed by atoms with Crippen LogP contribution < -0.4 is 11.1 Å². The second kappa shape index (κ2) is 7.44. The van der Waals surface area contributed by atoms with Crippen molar-refractivity contribution in [3.63, 3.8) is 0 Å². The SMILES string of the molecule is NC(=NCc1cc(-c2ccccc2)on1)Nc1cccc2c1CCCC2. The van der Waals surface area contributed by atoms with E-state index in [1.165, 1.54) is 24.0 Å². The minimum Gasteiger partial charge on any atom is -0.370 e. The smallest absolute Gasteiger partial charge is 0.193 e. The molecule has 1 aliphatic rings. The van der Waals surface area contributed by atoms with E-state index in [-0.39, 0.29) is 0 Å². The van der Waals surface area contributed by atoms with Crippen molar-refractivity contribution in [2.45, 2.75) is 32.2 Å². The highest BCUT2D eigenvalue weighted by atomic mass is 16.5. The summed E-state index contributed by atoms with van der Waals surface area (Å²) in [4.78, 5) is 4.41. The van der Waals surface area contributed by atoms with Crippen molar-refractivity contribution in [1.82, 2.24) is 5.16 Å². The third kappa shape index (κ3) is 3.61. The van der Waals surface area contributed by atoms with Crippen molar-refractivity contribution in [2.75, 3.05) is 5.32 Å². The van der Waals surface area contributed by atoms with Gasteiger partial charge in [0.15, 0.2) is 11.7 Å². The van der Waals surface area contributed by atoms with Gasteiger partial charge in [-0.25, -0.2) is 4.99 Å². The first-order valence-electron chi connectivity index (χ1n) is 8.98. The molecule has 0 spiro atoms. The molecule has 1 heterocycles. The summed E-state index contributed by atoms with van der Waals surface area (Å²) in [6, 6.07) is 18.1. The van der Waals surface area contributed by atoms with Gasteiger partial charge in [-0.2, -0.15) is 0 Å². The number of guanidine groups is 1. The Labute approximate surface area is 152 Å². The van der Waals surface area contributed by atoms with Gasteiger partial charge < -0.3 is 15.6 Å². The van der Waals surface area contributed by atoms with Gasteiger partial charge in [0.1, 0.15) is 5.69 Å². The number of nitrogens with two attached hydrogens (primary N) is 1. The number of hydrogen-bond acceptors (Lipinski definition) is 3. The van der Waals surface area contributed by atoms with Gasteiger partial charge in [0.25, 0.3) is 0 Å². The molecule has 5 heteroatoms. The Morgan fingerprint density at radius 3 is 2.81 bits per heavy atom. The van der Waals surface area contributed by atoms with Crippen molar-refractivity contribution in [1.29, 1.82) is 0 Å². The maximum absolute atomic E-state index is 6.09. The normalized spacial score (nSPS) is 14.1. The number of nitrogens with one attached hydrogen (secondary N) is 1. The topological polar surface area (TPSA) is 76.4 Å². The van der Waals surface area contributed by atoms with Crippen LogP contribution >= 0.6 is 0 Å². The van der Waals surface area contributed by atoms with Crippen LogP contribution in [0.5, 0.6) is 0 Å². The Morgan fingerprint density at radius 1 is 1.08 bits per heavy atom. The van der Waals surface area contributed by atoms with E-state index in [1.807, 2.05) is 36.4 Å². The average molecular weight is 346 g/mol. The third-order valence-electron chi connectivity index (χ3n) is 4.69. The van der Waals surface area contributed by atoms with E-state index in [1.54, 1.807) is 0 Å². The van der Waals surface area contributed by atoms with Crippen molar-refractivity contribution < 1.29 is 4.52 Å². The number of aliphatic imine (C=N–C) groups is 1. The minimum absolute atomic E-state index is 0.379. The van der Waals surface area contributed by atoms with Gasteiger partial charge in [0.2, 0.25) is 0 Å². The highest BCUT2D eigenvalue weighted by Gasteiger charge is 2.13. The van der Waals surface area contributed by atoms with Crippen LogP contribution in [0.4, 0.5) is 5.69 Å². The van der Waals surface area contributed by atoms with Crippen LogP contribution in [0.3, 0.4) is 0 Å². The van der Waals surface area contributed by atoms with Crippen LogP contribution in [0, 0.1) is 0 Å². The fraction of sp³-hybridized carbons (Fsp3) is 0.238. The predicted molar refractivity (Wildman–Crippen MR) is 104 cm³/mol. The molecular formula is C21H22N4O. The largest absolute Gasteiger partial charge is 0.370 e. The number of nitrogens with zero attached hydrogens (tertiary/aromatic N) is 2. The van der Waals surface area contributed by atoms with E-state index in [9.17, 15) is 0 Å². The summed E-state index contributed by atoms with van der Waals surface area (Å²) in [6.45, 7) is 0.379. The van der Waals surface area contributed by atoms with Crippen molar-refractivity contribution >= 4 is 11.6 Å². The highest BCUT2D eigenvalue weighted by molar-refractivity contribution is 5.93. The molecule has 0 saturated carbocycles. The number of hydrogen-bond donors (Lipinski definition) is 2. The molecule has 3 N–H and O–H groups in total. The molecule has 0 fully saturated rings. The fourth-order valence-electron chi connectivity index (χ4n) is 3.37. The second-order valence-electron chi connectivity index (χ2n) is 6.53. The Hall–Kier alpha value is -3.08. The molecular weight excluding hydrogens is 324 g/mol. The van der Waals surface area contributed by atoms with E-state index in [2.05, 4.69) is 33.7 Å². The number of benzene rings is 2. The molecule has 0 atom stereocenters. The number of fused-ring (bicyclic) bond motifs is 1. The predicted octanol–water partition coefficient (Wildman–Crippen LogP) is 4.15. The molecule has 0 bridgehead atoms. The molecule has 1 aromatic heterocycles. The van der Waals surface area contributed by atoms with Crippen molar-refractivity contribution in [2.24, 2.45) is 10.7 Å². The van der Waals surface area contributed by atoms with Crippen LogP contribution in [-0.2, 0) is 19.4 Å². The first kappa shape index (κ1) is 16.4. The molecule has 4 rings (SSSR count). The first-order chi connectivity index (χ1) is 12.8. The molecule has 0 radical (unpaired) electrons. The molecule has 2 aromatic carbocycles. The number of anilines is 1. The fourth-order valence-corrected chi connectivity index (χ4v) is 3.37. The van der Waals surface area contributed by atoms with E-state index in [0.29, 0.717) is 12.5 Å². The first-order valence-corrected chi connectivity index (χ1v) is 8.98. The Bertz CT molecular complexity index is 915. The number of aromatic nitrogens is 1. The molecule has 0 aliphatic heterocycles. The standard InChI is InChI=1S/C21H22N4O/c22-21(24-19-12-6-10-15-7-4-5-11-18(15)19)23-14-17-13-20(26-25-17)16-8-2-1-3-9-16/h1-3,6,8-10,12-13H,4-5,7,11,14H2,(H3,22,23,24). The molecule has 0 unspecified atom stereocenters. The molecule has 3 aromatic rings. The molecule has 5 nitrogen and oxygen atoms in total. The van der Waals surface area contributed by atoms with Crippen LogP contribution in [0.25, 0.3) is 11.3 Å². The van der Waals surface area contributed by atoms with Crippen LogP contribution in [0.1, 0.15) is 29.7 Å². The van der Waals surface area contributed by atoms with Crippen LogP contribution in [0.15, 0.2) is 64.1 Å². The van der Waals surface area contributed by atoms with Crippen LogP contribution in [-0.4, -0.2) is 11.1 Å². The maximum atomic E-state index is 6.09. The summed E-state index contributed by atoms with van der Waals surface area (Å²) in [5.74, 6) is 1.13. The van der Waals surface area contributed by atoms with Gasteiger partial charge in [0.05, 0.1) is 6.54 Å². The summed E-state index contributed by atoms with van der Waals surface area (Å²) < 4.78 is 5.40. The van der Waals surface area contributed by atoms with Gasteiger partial charge in [-0.05, 0) is 42.9 Å². The molecule has 0 saturated heterocycles. The summed E-state index contributed by atoms with van der Waals surface area (Å²) in [5.41, 5.74) is 11.7. The molecule has 0 amide bonds. The Kier molecular flexibility index (Phi) is 4.69. The van der Waals surface area contributed by atoms with E-state index in [4.69, 9.17) is 10.3 Å². The lowest BCUT2D eigenvalue weighted by Gasteiger charge is -2.19. The van der Waals surface area contributed by atoms with Gasteiger partial charge in [-0.15, -0.1) is 0 Å². The van der Waals surface area contributed by atoms with E-state index >= 15 is 0 Å². The lowest BCUT2D eigenvalue weighted by Crippen LogP contribution is -2.24. The highest BCUT2D eigenvalue weighted by Crippen LogP contribution is 2.27. The zero-order valence-corrected chi connectivity index (χ0v) is 14.6. The van der Waals surface area contributed by atoms with E-state index < -0.39 is 0 Å². The lowest BCUT2D eigenvalue weighted by atomic mass is 9.90. The molecule has 132 valence electrons. The monoisotopic (exact) mass is 346 g/mol. The zero-order valence-electron chi connectivity index (χ0n) is 14.6. The Balaban J connectivity index is 1.44. The van der Waals surface area contributed by atoms with Crippen LogP contribution in [0.2, 0.25) is 0 Å². The lowest BCUT2D eigenvalue weighted by molar-refractivity contribution is 0.424. The molecule has 1 aliphatic carbocycles. The van der Waals surface area contributed by atoms with Gasteiger partial charge in [0, 0.05) is 17.3 Å². The van der Waals surface area contributed by atoms with Gasteiger partial charge >= 0.3 is 0 Å². The maximum Gasteiger partial charge on any atom is 0.193 e. The zero-order chi connectivity index (χ0) is 17.8.